The number of carbonyl (C=O) groups is 1. The van der Waals surface area contributed by atoms with Gasteiger partial charge in [0.05, 0.1) is 24.8 Å². The lowest BCUT2D eigenvalue weighted by Crippen LogP contribution is -2.24. The van der Waals surface area contributed by atoms with Gasteiger partial charge in [-0.05, 0) is 37.6 Å². The van der Waals surface area contributed by atoms with Gasteiger partial charge in [0.25, 0.3) is 0 Å². The van der Waals surface area contributed by atoms with Crippen molar-refractivity contribution in [3.8, 4) is 0 Å². The number of benzene rings is 1. The van der Waals surface area contributed by atoms with Gasteiger partial charge in [0.1, 0.15) is 5.76 Å². The first-order valence-electron chi connectivity index (χ1n) is 6.69. The van der Waals surface area contributed by atoms with E-state index >= 15 is 0 Å². The van der Waals surface area contributed by atoms with Gasteiger partial charge in [0, 0.05) is 10.0 Å². The smallest absolute Gasteiger partial charge is 0.223 e. The molecule has 5 nitrogen and oxygen atoms in total. The number of aromatic nitrogens is 1. The molecule has 0 fully saturated rings. The SMILES string of the molecule is Cc1nc(CNC(=O)C[C@H](O)c2cc(Cl)cc(Cl)c2)oc1C. The predicted molar refractivity (Wildman–Crippen MR) is 83.9 cm³/mol. The number of aliphatic hydroxyl groups is 1. The molecule has 0 aliphatic heterocycles. The van der Waals surface area contributed by atoms with Crippen molar-refractivity contribution in [2.75, 3.05) is 0 Å². The van der Waals surface area contributed by atoms with E-state index in [9.17, 15) is 9.90 Å². The Morgan fingerprint density at radius 3 is 2.50 bits per heavy atom. The maximum Gasteiger partial charge on any atom is 0.223 e. The summed E-state index contributed by atoms with van der Waals surface area (Å²) in [6, 6.07) is 4.71. The molecule has 0 unspecified atom stereocenters. The topological polar surface area (TPSA) is 75.4 Å². The molecule has 1 aromatic carbocycles. The molecule has 2 rings (SSSR count). The largest absolute Gasteiger partial charge is 0.444 e. The van der Waals surface area contributed by atoms with Crippen LogP contribution in [0.5, 0.6) is 0 Å². The molecule has 1 atom stereocenters. The van der Waals surface area contributed by atoms with E-state index in [4.69, 9.17) is 27.6 Å². The number of oxazole rings is 1. The Morgan fingerprint density at radius 1 is 1.32 bits per heavy atom. The first-order valence-corrected chi connectivity index (χ1v) is 7.44. The van der Waals surface area contributed by atoms with Gasteiger partial charge in [-0.3, -0.25) is 4.79 Å². The van der Waals surface area contributed by atoms with Crippen LogP contribution in [0.1, 0.15) is 35.4 Å². The van der Waals surface area contributed by atoms with E-state index in [1.807, 2.05) is 6.92 Å². The molecule has 2 N–H and O–H groups in total. The summed E-state index contributed by atoms with van der Waals surface area (Å²) in [7, 11) is 0. The van der Waals surface area contributed by atoms with E-state index in [2.05, 4.69) is 10.3 Å². The van der Waals surface area contributed by atoms with E-state index in [0.717, 1.165) is 11.5 Å². The van der Waals surface area contributed by atoms with Gasteiger partial charge in [-0.2, -0.15) is 0 Å². The maximum absolute atomic E-state index is 11.9. The molecule has 0 bridgehead atoms. The zero-order chi connectivity index (χ0) is 16.3. The average molecular weight is 343 g/mol. The van der Waals surface area contributed by atoms with E-state index in [1.54, 1.807) is 25.1 Å². The number of carbonyl (C=O) groups excluding carboxylic acids is 1. The van der Waals surface area contributed by atoms with Gasteiger partial charge < -0.3 is 14.8 Å². The lowest BCUT2D eigenvalue weighted by Gasteiger charge is -2.11. The predicted octanol–water partition coefficient (Wildman–Crippen LogP) is 3.34. The summed E-state index contributed by atoms with van der Waals surface area (Å²) in [6.45, 7) is 3.81. The Hall–Kier alpha value is -1.56. The number of nitrogens with zero attached hydrogens (tertiary/aromatic N) is 1. The molecule has 0 aliphatic carbocycles. The van der Waals surface area contributed by atoms with Gasteiger partial charge in [-0.15, -0.1) is 0 Å². The zero-order valence-corrected chi connectivity index (χ0v) is 13.7. The minimum Gasteiger partial charge on any atom is -0.444 e. The Bertz CT molecular complexity index is 646. The van der Waals surface area contributed by atoms with Gasteiger partial charge in [-0.25, -0.2) is 4.98 Å². The first kappa shape index (κ1) is 16.8. The minimum absolute atomic E-state index is 0.102. The van der Waals surface area contributed by atoms with E-state index < -0.39 is 6.10 Å². The fourth-order valence-corrected chi connectivity index (χ4v) is 2.47. The number of aryl methyl sites for hydroxylation is 2. The molecule has 1 aromatic heterocycles. The molecular formula is C15H16Cl2N2O3. The van der Waals surface area contributed by atoms with Gasteiger partial charge in [-0.1, -0.05) is 23.2 Å². The molecule has 0 saturated heterocycles. The molecule has 2 aromatic rings. The highest BCUT2D eigenvalue weighted by molar-refractivity contribution is 6.34. The second-order valence-corrected chi connectivity index (χ2v) is 5.82. The normalized spacial score (nSPS) is 12.2. The highest BCUT2D eigenvalue weighted by atomic mass is 35.5. The van der Waals surface area contributed by atoms with Crippen molar-refractivity contribution < 1.29 is 14.3 Å². The number of nitrogens with one attached hydrogen (secondary N) is 1. The van der Waals surface area contributed by atoms with Crippen LogP contribution in [0, 0.1) is 13.8 Å². The Morgan fingerprint density at radius 2 is 1.95 bits per heavy atom. The average Bonchev–Trinajstić information content (AvgIpc) is 2.74. The lowest BCUT2D eigenvalue weighted by atomic mass is 10.1. The van der Waals surface area contributed by atoms with E-state index in [-0.39, 0.29) is 18.9 Å². The fourth-order valence-electron chi connectivity index (χ4n) is 1.92. The van der Waals surface area contributed by atoms with Gasteiger partial charge >= 0.3 is 0 Å². The summed E-state index contributed by atoms with van der Waals surface area (Å²) in [5, 5.41) is 13.5. The molecule has 22 heavy (non-hydrogen) atoms. The molecule has 0 aliphatic rings. The van der Waals surface area contributed by atoms with Crippen LogP contribution >= 0.6 is 23.2 Å². The monoisotopic (exact) mass is 342 g/mol. The number of hydrogen-bond donors (Lipinski definition) is 2. The van der Waals surface area contributed by atoms with Crippen molar-refractivity contribution in [3.05, 3.63) is 51.2 Å². The van der Waals surface area contributed by atoms with E-state index in [0.29, 0.717) is 21.5 Å². The molecule has 0 radical (unpaired) electrons. The maximum atomic E-state index is 11.9. The van der Waals surface area contributed by atoms with Crippen molar-refractivity contribution in [2.24, 2.45) is 0 Å². The third-order valence-electron chi connectivity index (χ3n) is 3.16. The van der Waals surface area contributed by atoms with Gasteiger partial charge in [0.15, 0.2) is 0 Å². The van der Waals surface area contributed by atoms with Crippen LogP contribution in [0.4, 0.5) is 0 Å². The van der Waals surface area contributed by atoms with Crippen molar-refractivity contribution in [1.29, 1.82) is 0 Å². The molecule has 0 spiro atoms. The standard InChI is InChI=1S/C15H16Cl2N2O3/c1-8-9(2)22-15(19-8)7-18-14(21)6-13(20)10-3-11(16)5-12(17)4-10/h3-5,13,20H,6-7H2,1-2H3,(H,18,21)/t13-/m0/s1. The van der Waals surface area contributed by atoms with Crippen LogP contribution in [0.2, 0.25) is 10.0 Å². The zero-order valence-electron chi connectivity index (χ0n) is 12.2. The van der Waals surface area contributed by atoms with Crippen LogP contribution in [0.3, 0.4) is 0 Å². The van der Waals surface area contributed by atoms with Crippen molar-refractivity contribution in [2.45, 2.75) is 32.9 Å². The third-order valence-corrected chi connectivity index (χ3v) is 3.59. The summed E-state index contributed by atoms with van der Waals surface area (Å²) >= 11 is 11.7. The second-order valence-electron chi connectivity index (χ2n) is 4.95. The third kappa shape index (κ3) is 4.47. The first-order chi connectivity index (χ1) is 10.3. The van der Waals surface area contributed by atoms with Crippen LogP contribution in [-0.2, 0) is 11.3 Å². The Labute approximate surface area is 138 Å². The summed E-state index contributed by atoms with van der Waals surface area (Å²) < 4.78 is 5.36. The Balaban J connectivity index is 1.90. The van der Waals surface area contributed by atoms with Crippen LogP contribution < -0.4 is 5.32 Å². The summed E-state index contributed by atoms with van der Waals surface area (Å²) in [5.74, 6) is 0.832. The van der Waals surface area contributed by atoms with Crippen LogP contribution in [-0.4, -0.2) is 16.0 Å². The minimum atomic E-state index is -0.982. The van der Waals surface area contributed by atoms with Crippen molar-refractivity contribution >= 4 is 29.1 Å². The molecule has 1 amide bonds. The highest BCUT2D eigenvalue weighted by Crippen LogP contribution is 2.25. The Kier molecular flexibility index (Phi) is 5.45. The number of aliphatic hydroxyl groups excluding tert-OH is 1. The summed E-state index contributed by atoms with van der Waals surface area (Å²) in [6.07, 6.45) is -1.08. The van der Waals surface area contributed by atoms with E-state index in [1.165, 1.54) is 0 Å². The fraction of sp³-hybridized carbons (Fsp3) is 0.333. The summed E-state index contributed by atoms with van der Waals surface area (Å²) in [4.78, 5) is 16.0. The molecular weight excluding hydrogens is 327 g/mol. The highest BCUT2D eigenvalue weighted by Gasteiger charge is 2.15. The van der Waals surface area contributed by atoms with Crippen LogP contribution in [0.25, 0.3) is 0 Å². The van der Waals surface area contributed by atoms with Crippen molar-refractivity contribution in [3.63, 3.8) is 0 Å². The molecule has 0 saturated carbocycles. The number of rotatable bonds is 5. The quantitative estimate of drug-likeness (QED) is 0.873. The number of hydrogen-bond acceptors (Lipinski definition) is 4. The van der Waals surface area contributed by atoms with Crippen LogP contribution in [0.15, 0.2) is 22.6 Å². The summed E-state index contributed by atoms with van der Waals surface area (Å²) in [5.41, 5.74) is 1.29. The molecule has 1 heterocycles. The number of halogens is 2. The van der Waals surface area contributed by atoms with Crippen molar-refractivity contribution in [1.82, 2.24) is 10.3 Å². The molecule has 118 valence electrons. The lowest BCUT2D eigenvalue weighted by molar-refractivity contribution is -0.123. The van der Waals surface area contributed by atoms with Gasteiger partial charge in [0.2, 0.25) is 11.8 Å². The molecule has 7 heteroatoms. The number of amides is 1. The second kappa shape index (κ2) is 7.13.